The number of nitrogens with zero attached hydrogens (tertiary/aromatic N) is 2. The van der Waals surface area contributed by atoms with Gasteiger partial charge in [-0.1, -0.05) is 6.92 Å². The van der Waals surface area contributed by atoms with Crippen LogP contribution < -0.4 is 0 Å². The highest BCUT2D eigenvalue weighted by Gasteiger charge is 2.38. The van der Waals surface area contributed by atoms with Crippen LogP contribution in [0.2, 0.25) is 0 Å². The van der Waals surface area contributed by atoms with Crippen molar-refractivity contribution in [3.05, 3.63) is 18.0 Å². The van der Waals surface area contributed by atoms with Gasteiger partial charge < -0.3 is 9.67 Å². The van der Waals surface area contributed by atoms with E-state index in [2.05, 4.69) is 0 Å². The van der Waals surface area contributed by atoms with Crippen LogP contribution in [0.3, 0.4) is 0 Å². The first kappa shape index (κ1) is 13.1. The highest BCUT2D eigenvalue weighted by molar-refractivity contribution is 7.89. The van der Waals surface area contributed by atoms with Gasteiger partial charge in [-0.3, -0.25) is 0 Å². The molecule has 0 radical (unpaired) electrons. The van der Waals surface area contributed by atoms with E-state index in [9.17, 15) is 13.5 Å². The Morgan fingerprint density at radius 1 is 1.37 bits per heavy atom. The third-order valence-electron chi connectivity index (χ3n) is 3.88. The largest absolute Gasteiger partial charge is 0.390 e. The molecule has 0 saturated heterocycles. The van der Waals surface area contributed by atoms with Crippen molar-refractivity contribution in [2.24, 2.45) is 0 Å². The Kier molecular flexibility index (Phi) is 3.19. The Bertz CT molecular complexity index is 571. The van der Waals surface area contributed by atoms with E-state index in [0.29, 0.717) is 23.2 Å². The van der Waals surface area contributed by atoms with E-state index in [1.54, 1.807) is 16.6 Å². The van der Waals surface area contributed by atoms with Crippen molar-refractivity contribution < 1.29 is 13.5 Å². The minimum Gasteiger partial charge on any atom is -0.390 e. The molecule has 2 aliphatic rings. The summed E-state index contributed by atoms with van der Waals surface area (Å²) in [5.74, 6) is 0. The van der Waals surface area contributed by atoms with Crippen LogP contribution in [0.15, 0.2) is 17.2 Å². The van der Waals surface area contributed by atoms with E-state index < -0.39 is 10.0 Å². The molecule has 6 heteroatoms. The fourth-order valence-corrected chi connectivity index (χ4v) is 4.33. The molecule has 5 nitrogen and oxygen atoms in total. The van der Waals surface area contributed by atoms with Gasteiger partial charge in [-0.25, -0.2) is 8.42 Å². The lowest BCUT2D eigenvalue weighted by Crippen LogP contribution is -2.32. The van der Waals surface area contributed by atoms with Crippen molar-refractivity contribution >= 4 is 10.0 Å². The summed E-state index contributed by atoms with van der Waals surface area (Å²) in [7, 11) is -3.40. The fraction of sp³-hybridized carbons (Fsp3) is 0.692. The molecule has 1 aromatic rings. The van der Waals surface area contributed by atoms with Crippen molar-refractivity contribution in [2.45, 2.75) is 56.2 Å². The van der Waals surface area contributed by atoms with Crippen molar-refractivity contribution in [1.82, 2.24) is 8.87 Å². The van der Waals surface area contributed by atoms with E-state index in [1.807, 2.05) is 11.5 Å². The second kappa shape index (κ2) is 4.61. The smallest absolute Gasteiger partial charge is 0.244 e. The van der Waals surface area contributed by atoms with Crippen molar-refractivity contribution in [3.63, 3.8) is 0 Å². The number of rotatable bonds is 6. The number of hydrogen-bond acceptors (Lipinski definition) is 3. The number of sulfonamides is 1. The van der Waals surface area contributed by atoms with Crippen LogP contribution in [-0.2, 0) is 16.6 Å². The van der Waals surface area contributed by atoms with Gasteiger partial charge in [-0.15, -0.1) is 0 Å². The van der Waals surface area contributed by atoms with Gasteiger partial charge in [0, 0.05) is 30.5 Å². The average Bonchev–Trinajstić information content (AvgIpc) is 3.29. The molecular weight excluding hydrogens is 264 g/mol. The Morgan fingerprint density at radius 3 is 2.53 bits per heavy atom. The van der Waals surface area contributed by atoms with E-state index in [4.69, 9.17) is 0 Å². The SMILES string of the molecule is CCN(C1CC1)S(=O)(=O)c1cc(CO)n(C2CC2)c1. The van der Waals surface area contributed by atoms with Crippen LogP contribution >= 0.6 is 0 Å². The van der Waals surface area contributed by atoms with Crippen molar-refractivity contribution in [3.8, 4) is 0 Å². The summed E-state index contributed by atoms with van der Waals surface area (Å²) >= 11 is 0. The second-order valence-corrected chi connectivity index (χ2v) is 7.29. The lowest BCUT2D eigenvalue weighted by atomic mass is 10.4. The number of aliphatic hydroxyl groups is 1. The van der Waals surface area contributed by atoms with Crippen LogP contribution in [-0.4, -0.2) is 35.0 Å². The number of aliphatic hydroxyl groups excluding tert-OH is 1. The Morgan fingerprint density at radius 2 is 2.05 bits per heavy atom. The van der Waals surface area contributed by atoms with Crippen LogP contribution in [0.1, 0.15) is 44.3 Å². The highest BCUT2D eigenvalue weighted by Crippen LogP contribution is 2.38. The molecule has 0 unspecified atom stereocenters. The summed E-state index contributed by atoms with van der Waals surface area (Å²) in [5, 5.41) is 9.36. The van der Waals surface area contributed by atoms with Gasteiger partial charge in [0.25, 0.3) is 0 Å². The average molecular weight is 284 g/mol. The third kappa shape index (κ3) is 2.32. The number of aromatic nitrogens is 1. The van der Waals surface area contributed by atoms with Crippen LogP contribution in [0.25, 0.3) is 0 Å². The zero-order chi connectivity index (χ0) is 13.6. The zero-order valence-electron chi connectivity index (χ0n) is 11.1. The van der Waals surface area contributed by atoms with Gasteiger partial charge in [0.05, 0.1) is 6.61 Å². The first-order valence-corrected chi connectivity index (χ1v) is 8.35. The van der Waals surface area contributed by atoms with Gasteiger partial charge in [-0.2, -0.15) is 4.31 Å². The molecule has 106 valence electrons. The van der Waals surface area contributed by atoms with E-state index in [0.717, 1.165) is 25.7 Å². The summed E-state index contributed by atoms with van der Waals surface area (Å²) in [6.45, 7) is 2.28. The third-order valence-corrected chi connectivity index (χ3v) is 5.87. The summed E-state index contributed by atoms with van der Waals surface area (Å²) in [6, 6.07) is 2.18. The summed E-state index contributed by atoms with van der Waals surface area (Å²) < 4.78 is 28.7. The molecule has 1 aromatic heterocycles. The highest BCUT2D eigenvalue weighted by atomic mass is 32.2. The number of hydrogen-bond donors (Lipinski definition) is 1. The van der Waals surface area contributed by atoms with Gasteiger partial charge in [0.2, 0.25) is 10.0 Å². The maximum Gasteiger partial charge on any atom is 0.244 e. The molecule has 0 atom stereocenters. The topological polar surface area (TPSA) is 62.5 Å². The molecular formula is C13H20N2O3S. The predicted octanol–water partition coefficient (Wildman–Crippen LogP) is 1.49. The minimum atomic E-state index is -3.40. The van der Waals surface area contributed by atoms with Gasteiger partial charge in [0.1, 0.15) is 4.90 Å². The maximum atomic E-state index is 12.6. The Balaban J connectivity index is 1.95. The quantitative estimate of drug-likeness (QED) is 0.861. The normalized spacial score (nSPS) is 20.2. The molecule has 0 amide bonds. The molecule has 19 heavy (non-hydrogen) atoms. The summed E-state index contributed by atoms with van der Waals surface area (Å²) in [4.78, 5) is 0.331. The monoisotopic (exact) mass is 284 g/mol. The van der Waals surface area contributed by atoms with Crippen LogP contribution in [0.5, 0.6) is 0 Å². The fourth-order valence-electron chi connectivity index (χ4n) is 2.58. The minimum absolute atomic E-state index is 0.110. The molecule has 2 saturated carbocycles. The van der Waals surface area contributed by atoms with E-state index >= 15 is 0 Å². The molecule has 1 N–H and O–H groups in total. The molecule has 1 heterocycles. The lowest BCUT2D eigenvalue weighted by Gasteiger charge is -2.18. The summed E-state index contributed by atoms with van der Waals surface area (Å²) in [5.41, 5.74) is 0.702. The van der Waals surface area contributed by atoms with Crippen LogP contribution in [0.4, 0.5) is 0 Å². The predicted molar refractivity (Wildman–Crippen MR) is 71.2 cm³/mol. The lowest BCUT2D eigenvalue weighted by molar-refractivity contribution is 0.270. The first-order valence-electron chi connectivity index (χ1n) is 6.91. The second-order valence-electron chi connectivity index (χ2n) is 5.40. The zero-order valence-corrected chi connectivity index (χ0v) is 11.9. The molecule has 2 fully saturated rings. The first-order chi connectivity index (χ1) is 9.07. The molecule has 3 rings (SSSR count). The van der Waals surface area contributed by atoms with Gasteiger partial charge >= 0.3 is 0 Å². The molecule has 0 bridgehead atoms. The Labute approximate surface area is 113 Å². The molecule has 2 aliphatic carbocycles. The summed E-state index contributed by atoms with van der Waals surface area (Å²) in [6.07, 6.45) is 5.76. The van der Waals surface area contributed by atoms with Crippen molar-refractivity contribution in [1.29, 1.82) is 0 Å². The Hall–Kier alpha value is -0.850. The van der Waals surface area contributed by atoms with Crippen molar-refractivity contribution in [2.75, 3.05) is 6.54 Å². The molecule has 0 aliphatic heterocycles. The van der Waals surface area contributed by atoms with Gasteiger partial charge in [-0.05, 0) is 31.7 Å². The van der Waals surface area contributed by atoms with E-state index in [-0.39, 0.29) is 12.6 Å². The molecule has 0 aromatic carbocycles. The van der Waals surface area contributed by atoms with Gasteiger partial charge in [0.15, 0.2) is 0 Å². The standard InChI is InChI=1S/C13H20N2O3S/c1-2-15(11-5-6-11)19(17,18)13-7-12(9-16)14(8-13)10-3-4-10/h7-8,10-11,16H,2-6,9H2,1H3. The van der Waals surface area contributed by atoms with Crippen LogP contribution in [0, 0.1) is 0 Å². The molecule has 0 spiro atoms. The maximum absolute atomic E-state index is 12.6. The van der Waals surface area contributed by atoms with E-state index in [1.165, 1.54) is 0 Å².